The second-order valence-corrected chi connectivity index (χ2v) is 6.10. The van der Waals surface area contributed by atoms with Crippen LogP contribution in [0.3, 0.4) is 0 Å². The summed E-state index contributed by atoms with van der Waals surface area (Å²) in [5.74, 6) is 0. The molecule has 0 unspecified atom stereocenters. The van der Waals surface area contributed by atoms with E-state index in [0.29, 0.717) is 0 Å². The van der Waals surface area contributed by atoms with Crippen molar-refractivity contribution in [2.75, 3.05) is 39.8 Å². The molecule has 18 heavy (non-hydrogen) atoms. The Morgan fingerprint density at radius 3 is 2.72 bits per heavy atom. The minimum atomic E-state index is 0.724. The Morgan fingerprint density at radius 2 is 1.94 bits per heavy atom. The molecule has 1 aromatic carbocycles. The van der Waals surface area contributed by atoms with Crippen LogP contribution < -0.4 is 15.1 Å². The lowest BCUT2D eigenvalue weighted by molar-refractivity contribution is -1.03. The zero-order chi connectivity index (χ0) is 12.5. The highest BCUT2D eigenvalue weighted by molar-refractivity contribution is 5.33. The number of aryl methyl sites for hydroxylation is 1. The maximum atomic E-state index is 2.49. The Labute approximate surface area is 110 Å². The summed E-state index contributed by atoms with van der Waals surface area (Å²) >= 11 is 0. The van der Waals surface area contributed by atoms with Crippen LogP contribution in [0.4, 0.5) is 0 Å². The van der Waals surface area contributed by atoms with Crippen molar-refractivity contribution in [2.45, 2.75) is 19.5 Å². The van der Waals surface area contributed by atoms with Gasteiger partial charge in [0.2, 0.25) is 0 Å². The highest BCUT2D eigenvalue weighted by atomic mass is 15.3. The van der Waals surface area contributed by atoms with Crippen LogP contribution in [0.25, 0.3) is 0 Å². The molecule has 1 aromatic rings. The van der Waals surface area contributed by atoms with Gasteiger partial charge in [0.1, 0.15) is 39.3 Å². The molecular formula is C15H26N3+3. The van der Waals surface area contributed by atoms with E-state index in [0.717, 1.165) is 6.04 Å². The summed E-state index contributed by atoms with van der Waals surface area (Å²) in [5.41, 5.74) is 4.60. The van der Waals surface area contributed by atoms with Crippen LogP contribution in [0.1, 0.15) is 22.7 Å². The van der Waals surface area contributed by atoms with Crippen LogP contribution in [-0.4, -0.2) is 39.8 Å². The maximum Gasteiger partial charge on any atom is 0.163 e. The molecule has 1 fully saturated rings. The molecule has 98 valence electrons. The summed E-state index contributed by atoms with van der Waals surface area (Å²) in [6, 6.07) is 7.79. The zero-order valence-electron chi connectivity index (χ0n) is 11.6. The standard InChI is InChI=1S/C15H23N3/c1-12-3-4-14-13(9-12)10-16-11-15(14)18-7-5-17(2)6-8-18/h3-4,9,15-16H,5-8,10-11H2,1-2H3/p+3/t15-/m0/s1. The van der Waals surface area contributed by atoms with E-state index in [1.165, 1.54) is 44.8 Å². The van der Waals surface area contributed by atoms with Crippen molar-refractivity contribution in [1.82, 2.24) is 0 Å². The van der Waals surface area contributed by atoms with E-state index in [1.54, 1.807) is 16.0 Å². The van der Waals surface area contributed by atoms with Gasteiger partial charge in [0.15, 0.2) is 6.04 Å². The Balaban J connectivity index is 1.82. The molecule has 2 heterocycles. The Bertz CT molecular complexity index is 422. The molecule has 3 nitrogen and oxygen atoms in total. The second-order valence-electron chi connectivity index (χ2n) is 6.10. The van der Waals surface area contributed by atoms with Crippen molar-refractivity contribution < 1.29 is 15.1 Å². The fourth-order valence-corrected chi connectivity index (χ4v) is 3.52. The van der Waals surface area contributed by atoms with E-state index >= 15 is 0 Å². The van der Waals surface area contributed by atoms with Gasteiger partial charge >= 0.3 is 0 Å². The van der Waals surface area contributed by atoms with Gasteiger partial charge in [0.05, 0.1) is 7.05 Å². The van der Waals surface area contributed by atoms with Gasteiger partial charge in [-0.1, -0.05) is 17.7 Å². The summed E-state index contributed by atoms with van der Waals surface area (Å²) in [4.78, 5) is 3.50. The van der Waals surface area contributed by atoms with Gasteiger partial charge in [-0.2, -0.15) is 0 Å². The average molecular weight is 248 g/mol. The number of likely N-dealkylation sites (N-methyl/N-ethyl adjacent to an activating group) is 1. The first-order chi connectivity index (χ1) is 8.74. The van der Waals surface area contributed by atoms with Crippen LogP contribution in [-0.2, 0) is 6.54 Å². The van der Waals surface area contributed by atoms with E-state index in [-0.39, 0.29) is 0 Å². The second kappa shape index (κ2) is 5.00. The zero-order valence-corrected chi connectivity index (χ0v) is 11.6. The number of rotatable bonds is 1. The van der Waals surface area contributed by atoms with Crippen LogP contribution in [0.2, 0.25) is 0 Å². The number of nitrogens with one attached hydrogen (secondary N) is 2. The topological polar surface area (TPSA) is 25.5 Å². The molecule has 0 saturated carbocycles. The van der Waals surface area contributed by atoms with Crippen LogP contribution in [0.5, 0.6) is 0 Å². The third-order valence-corrected chi connectivity index (χ3v) is 4.68. The monoisotopic (exact) mass is 248 g/mol. The van der Waals surface area contributed by atoms with Crippen LogP contribution in [0.15, 0.2) is 18.2 Å². The molecule has 1 saturated heterocycles. The van der Waals surface area contributed by atoms with Gasteiger partial charge in [-0.15, -0.1) is 0 Å². The average Bonchev–Trinajstić information content (AvgIpc) is 2.38. The lowest BCUT2D eigenvalue weighted by Crippen LogP contribution is -3.28. The molecule has 3 heteroatoms. The van der Waals surface area contributed by atoms with Gasteiger partial charge < -0.3 is 15.1 Å². The summed E-state index contributed by atoms with van der Waals surface area (Å²) in [6.07, 6.45) is 0. The first-order valence-corrected chi connectivity index (χ1v) is 7.31. The highest BCUT2D eigenvalue weighted by Crippen LogP contribution is 2.18. The molecule has 2 aliphatic heterocycles. The molecule has 0 aliphatic carbocycles. The third-order valence-electron chi connectivity index (χ3n) is 4.68. The number of benzene rings is 1. The SMILES string of the molecule is Cc1ccc2c(c1)C[NH2+]C[C@@H]2[NH+]1CC[NH+](C)CC1. The number of piperazine rings is 1. The normalized spacial score (nSPS) is 32.0. The number of hydrogen-bond donors (Lipinski definition) is 3. The van der Waals surface area contributed by atoms with Crippen molar-refractivity contribution in [2.24, 2.45) is 0 Å². The summed E-state index contributed by atoms with van der Waals surface area (Å²) < 4.78 is 0. The van der Waals surface area contributed by atoms with Gasteiger partial charge in [-0.25, -0.2) is 0 Å². The number of hydrogen-bond acceptors (Lipinski definition) is 0. The van der Waals surface area contributed by atoms with Crippen molar-refractivity contribution in [3.05, 3.63) is 34.9 Å². The van der Waals surface area contributed by atoms with Gasteiger partial charge in [-0.05, 0) is 13.0 Å². The fraction of sp³-hybridized carbons (Fsp3) is 0.600. The molecule has 4 N–H and O–H groups in total. The first-order valence-electron chi connectivity index (χ1n) is 7.31. The minimum absolute atomic E-state index is 0.724. The van der Waals surface area contributed by atoms with Gasteiger partial charge in [-0.3, -0.25) is 0 Å². The van der Waals surface area contributed by atoms with Crippen molar-refractivity contribution in [1.29, 1.82) is 0 Å². The third kappa shape index (κ3) is 2.30. The van der Waals surface area contributed by atoms with Crippen molar-refractivity contribution in [3.63, 3.8) is 0 Å². The fourth-order valence-electron chi connectivity index (χ4n) is 3.52. The number of quaternary nitrogens is 3. The van der Waals surface area contributed by atoms with E-state index in [2.05, 4.69) is 37.5 Å². The van der Waals surface area contributed by atoms with Crippen LogP contribution >= 0.6 is 0 Å². The quantitative estimate of drug-likeness (QED) is 0.491. The first kappa shape index (κ1) is 12.2. The molecule has 2 aliphatic rings. The Hall–Kier alpha value is -0.900. The molecule has 1 atom stereocenters. The predicted octanol–water partition coefficient (Wildman–Crippen LogP) is -2.47. The lowest BCUT2D eigenvalue weighted by Gasteiger charge is -2.35. The highest BCUT2D eigenvalue weighted by Gasteiger charge is 2.34. The number of fused-ring (bicyclic) bond motifs is 1. The van der Waals surface area contributed by atoms with Crippen LogP contribution in [0, 0.1) is 6.92 Å². The Morgan fingerprint density at radius 1 is 1.17 bits per heavy atom. The Kier molecular flexibility index (Phi) is 3.37. The molecule has 0 aromatic heterocycles. The summed E-state index contributed by atoms with van der Waals surface area (Å²) in [6.45, 7) is 9.96. The summed E-state index contributed by atoms with van der Waals surface area (Å²) in [7, 11) is 2.32. The smallest absolute Gasteiger partial charge is 0.163 e. The van der Waals surface area contributed by atoms with E-state index in [1.807, 2.05) is 4.90 Å². The molecular weight excluding hydrogens is 222 g/mol. The van der Waals surface area contributed by atoms with Gasteiger partial charge in [0, 0.05) is 11.1 Å². The largest absolute Gasteiger partial charge is 0.337 e. The molecule has 0 radical (unpaired) electrons. The molecule has 0 amide bonds. The van der Waals surface area contributed by atoms with Gasteiger partial charge in [0.25, 0.3) is 0 Å². The van der Waals surface area contributed by atoms with E-state index in [4.69, 9.17) is 0 Å². The van der Waals surface area contributed by atoms with Crippen molar-refractivity contribution >= 4 is 0 Å². The predicted molar refractivity (Wildman–Crippen MR) is 71.7 cm³/mol. The van der Waals surface area contributed by atoms with E-state index < -0.39 is 0 Å². The molecule has 3 rings (SSSR count). The summed E-state index contributed by atoms with van der Waals surface area (Å²) in [5, 5.41) is 2.49. The molecule has 0 bridgehead atoms. The minimum Gasteiger partial charge on any atom is -0.337 e. The van der Waals surface area contributed by atoms with E-state index in [9.17, 15) is 0 Å². The number of nitrogens with two attached hydrogens (primary N) is 1. The maximum absolute atomic E-state index is 2.49. The van der Waals surface area contributed by atoms with Crippen molar-refractivity contribution in [3.8, 4) is 0 Å². The lowest BCUT2D eigenvalue weighted by atomic mass is 9.93. The molecule has 0 spiro atoms.